The Labute approximate surface area is 250 Å². The first-order valence-electron chi connectivity index (χ1n) is 13.7. The number of nitrogens with one attached hydrogen (secondary N) is 2. The summed E-state index contributed by atoms with van der Waals surface area (Å²) in [4.78, 5) is 33.0. The lowest BCUT2D eigenvalue weighted by molar-refractivity contribution is -0.355. The van der Waals surface area contributed by atoms with Gasteiger partial charge in [0, 0.05) is 40.4 Å². The van der Waals surface area contributed by atoms with Gasteiger partial charge in [0.25, 0.3) is 0 Å². The van der Waals surface area contributed by atoms with Crippen LogP contribution in [0.1, 0.15) is 73.7 Å². The fourth-order valence-electron chi connectivity index (χ4n) is 6.36. The van der Waals surface area contributed by atoms with Crippen molar-refractivity contribution >= 4 is 60.4 Å². The number of ether oxygens (including phenoxy) is 2. The predicted molar refractivity (Wildman–Crippen MR) is 158 cm³/mol. The maximum absolute atomic E-state index is 13.3. The molecule has 2 fully saturated rings. The summed E-state index contributed by atoms with van der Waals surface area (Å²) in [6.45, 7) is 8.37. The zero-order valence-electron chi connectivity index (χ0n) is 23.2. The molecule has 2 aliphatic heterocycles. The van der Waals surface area contributed by atoms with Crippen LogP contribution in [0.3, 0.4) is 0 Å². The minimum Gasteiger partial charge on any atom is -0.478 e. The predicted octanol–water partition coefficient (Wildman–Crippen LogP) is 7.05. The summed E-state index contributed by atoms with van der Waals surface area (Å²) in [5.41, 5.74) is 1.76. The number of carbonyl (C=O) groups is 2. The quantitative estimate of drug-likeness (QED) is 0.227. The van der Waals surface area contributed by atoms with Crippen LogP contribution in [0, 0.1) is 23.7 Å². The van der Waals surface area contributed by atoms with Gasteiger partial charge in [-0.2, -0.15) is 0 Å². The molecule has 7 atom stereocenters. The molecule has 2 aliphatic rings. The zero-order chi connectivity index (χ0) is 28.9. The molecule has 0 aliphatic carbocycles. The van der Waals surface area contributed by atoms with E-state index in [0.29, 0.717) is 39.3 Å². The molecule has 0 saturated carbocycles. The molecule has 4 heterocycles. The topological polar surface area (TPSA) is 127 Å². The van der Waals surface area contributed by atoms with Crippen LogP contribution in [-0.4, -0.2) is 51.9 Å². The lowest BCUT2D eigenvalue weighted by Crippen LogP contribution is -2.58. The Morgan fingerprint density at radius 1 is 1.23 bits per heavy atom. The van der Waals surface area contributed by atoms with Crippen LogP contribution < -0.4 is 5.32 Å². The maximum atomic E-state index is 13.3. The molecule has 2 saturated heterocycles. The normalized spacial score (nSPS) is 29.5. The number of Topliss-reactive ketones (excluding diaryl/α,β-unsaturated/α-hetero) is 1. The summed E-state index contributed by atoms with van der Waals surface area (Å²) in [5.74, 6) is -1.29. The van der Waals surface area contributed by atoms with E-state index in [2.05, 4.69) is 67.9 Å². The van der Waals surface area contributed by atoms with Crippen molar-refractivity contribution in [3.05, 3.63) is 44.4 Å². The number of halogens is 2. The van der Waals surface area contributed by atoms with E-state index >= 15 is 0 Å². The van der Waals surface area contributed by atoms with Gasteiger partial charge < -0.3 is 29.3 Å². The fraction of sp³-hybridized carbons (Fsp3) is 0.552. The molecule has 216 valence electrons. The van der Waals surface area contributed by atoms with Crippen LogP contribution in [0.15, 0.2) is 31.7 Å². The van der Waals surface area contributed by atoms with Crippen LogP contribution in [0.4, 0.5) is 5.69 Å². The molecule has 3 N–H and O–H groups in total. The fourth-order valence-corrected chi connectivity index (χ4v) is 7.31. The van der Waals surface area contributed by atoms with Crippen LogP contribution in [0.2, 0.25) is 0 Å². The van der Waals surface area contributed by atoms with Gasteiger partial charge in [-0.25, -0.2) is 9.78 Å². The van der Waals surface area contributed by atoms with Crippen molar-refractivity contribution in [1.29, 1.82) is 0 Å². The van der Waals surface area contributed by atoms with E-state index in [9.17, 15) is 14.7 Å². The number of oxazole rings is 1. The van der Waals surface area contributed by atoms with Crippen molar-refractivity contribution in [2.75, 3.05) is 12.4 Å². The standard InChI is InChI=1S/C29H35Br2N3O6/c1-13-6-7-29(15(3)8-14(2)27(40-29)16(4)26(35)19-9-17(30)12-33-19)39-20(13)11-22-34-25-21(38-22)10-18(31)24(32-5)23(25)28(36)37/h9-10,12-16,20,27,32-33H,6-8,11H2,1-5H3,(H,36,37). The second-order valence-electron chi connectivity index (χ2n) is 11.4. The Morgan fingerprint density at radius 2 is 1.98 bits per heavy atom. The molecule has 2 aromatic heterocycles. The zero-order valence-corrected chi connectivity index (χ0v) is 26.4. The maximum Gasteiger partial charge on any atom is 0.340 e. The number of hydrogen-bond acceptors (Lipinski definition) is 7. The molecular formula is C29H35Br2N3O6. The molecule has 5 rings (SSSR count). The van der Waals surface area contributed by atoms with Crippen molar-refractivity contribution in [2.24, 2.45) is 23.7 Å². The lowest BCUT2D eigenvalue weighted by atomic mass is 9.75. The molecule has 0 bridgehead atoms. The van der Waals surface area contributed by atoms with E-state index in [1.165, 1.54) is 0 Å². The van der Waals surface area contributed by atoms with E-state index in [0.717, 1.165) is 23.7 Å². The highest BCUT2D eigenvalue weighted by Gasteiger charge is 2.52. The first-order valence-corrected chi connectivity index (χ1v) is 15.3. The molecule has 1 aromatic carbocycles. The SMILES string of the molecule is CNc1c(Br)cc2oc(CC3OC4(CCC3C)OC(C(C)C(=O)c3cc(Br)c[nH]3)C(C)CC4C)nc2c1C(=O)O. The van der Waals surface area contributed by atoms with Gasteiger partial charge in [0.2, 0.25) is 0 Å². The van der Waals surface area contributed by atoms with Gasteiger partial charge in [0.15, 0.2) is 23.0 Å². The molecule has 0 amide bonds. The second kappa shape index (κ2) is 11.2. The third-order valence-corrected chi connectivity index (χ3v) is 9.73. The number of ketones is 1. The monoisotopic (exact) mass is 679 g/mol. The summed E-state index contributed by atoms with van der Waals surface area (Å²) in [6, 6.07) is 3.53. The highest BCUT2D eigenvalue weighted by molar-refractivity contribution is 9.10. The van der Waals surface area contributed by atoms with Gasteiger partial charge >= 0.3 is 5.97 Å². The Morgan fingerprint density at radius 3 is 2.62 bits per heavy atom. The summed E-state index contributed by atoms with van der Waals surface area (Å²) in [5, 5.41) is 12.8. The Kier molecular flexibility index (Phi) is 8.22. The number of aromatic carboxylic acids is 1. The Hall–Kier alpha value is -2.21. The molecule has 11 heteroatoms. The van der Waals surface area contributed by atoms with E-state index in [1.807, 2.05) is 6.92 Å². The van der Waals surface area contributed by atoms with Gasteiger partial charge in [-0.3, -0.25) is 4.79 Å². The Bertz CT molecular complexity index is 1440. The molecule has 3 aromatic rings. The molecule has 40 heavy (non-hydrogen) atoms. The number of carboxylic acids is 1. The number of nitrogens with zero attached hydrogens (tertiary/aromatic N) is 1. The summed E-state index contributed by atoms with van der Waals surface area (Å²) >= 11 is 6.85. The molecule has 7 unspecified atom stereocenters. The van der Waals surface area contributed by atoms with Gasteiger partial charge in [0.1, 0.15) is 11.1 Å². The Balaban J connectivity index is 1.40. The first kappa shape index (κ1) is 29.3. The van der Waals surface area contributed by atoms with Gasteiger partial charge in [-0.05, 0) is 68.7 Å². The highest BCUT2D eigenvalue weighted by Crippen LogP contribution is 2.48. The van der Waals surface area contributed by atoms with Gasteiger partial charge in [-0.1, -0.05) is 27.7 Å². The highest BCUT2D eigenvalue weighted by atomic mass is 79.9. The minimum atomic E-state index is -1.09. The van der Waals surface area contributed by atoms with Gasteiger partial charge in [-0.15, -0.1) is 0 Å². The number of H-pyrrole nitrogens is 1. The number of carbonyl (C=O) groups excluding carboxylic acids is 1. The first-order chi connectivity index (χ1) is 18.9. The van der Waals surface area contributed by atoms with Crippen LogP contribution in [-0.2, 0) is 15.9 Å². The number of carboxylic acid groups (broad SMARTS) is 1. The summed E-state index contributed by atoms with van der Waals surface area (Å²) in [6.07, 6.45) is 4.10. The number of anilines is 1. The average Bonchev–Trinajstić information content (AvgIpc) is 3.51. The second-order valence-corrected chi connectivity index (χ2v) is 13.2. The number of rotatable bonds is 7. The third-order valence-electron chi connectivity index (χ3n) is 8.65. The largest absolute Gasteiger partial charge is 0.478 e. The third kappa shape index (κ3) is 5.26. The van der Waals surface area contributed by atoms with Crippen molar-refractivity contribution in [2.45, 2.75) is 71.4 Å². The molecule has 1 spiro atoms. The van der Waals surface area contributed by atoms with E-state index < -0.39 is 11.8 Å². The van der Waals surface area contributed by atoms with Crippen molar-refractivity contribution in [1.82, 2.24) is 9.97 Å². The summed E-state index contributed by atoms with van der Waals surface area (Å²) < 4.78 is 21.1. The number of benzene rings is 1. The average molecular weight is 681 g/mol. The molecule has 9 nitrogen and oxygen atoms in total. The van der Waals surface area contributed by atoms with Crippen molar-refractivity contribution in [3.8, 4) is 0 Å². The molecule has 0 radical (unpaired) electrons. The van der Waals surface area contributed by atoms with E-state index in [1.54, 1.807) is 25.4 Å². The number of aromatic amines is 1. The van der Waals surface area contributed by atoms with E-state index in [4.69, 9.17) is 13.9 Å². The summed E-state index contributed by atoms with van der Waals surface area (Å²) in [7, 11) is 1.67. The van der Waals surface area contributed by atoms with Crippen LogP contribution >= 0.6 is 31.9 Å². The van der Waals surface area contributed by atoms with Gasteiger partial charge in [0.05, 0.1) is 30.0 Å². The minimum absolute atomic E-state index is 0.0146. The molecular weight excluding hydrogens is 646 g/mol. The lowest BCUT2D eigenvalue weighted by Gasteiger charge is -2.53. The van der Waals surface area contributed by atoms with E-state index in [-0.39, 0.29) is 47.2 Å². The van der Waals surface area contributed by atoms with Crippen LogP contribution in [0.5, 0.6) is 0 Å². The van der Waals surface area contributed by atoms with Crippen LogP contribution in [0.25, 0.3) is 11.1 Å². The van der Waals surface area contributed by atoms with Crippen molar-refractivity contribution < 1.29 is 28.6 Å². The number of fused-ring (bicyclic) bond motifs is 1. The smallest absolute Gasteiger partial charge is 0.340 e. The number of hydrogen-bond donors (Lipinski definition) is 3. The number of aromatic nitrogens is 2. The van der Waals surface area contributed by atoms with Crippen molar-refractivity contribution in [3.63, 3.8) is 0 Å².